The summed E-state index contributed by atoms with van der Waals surface area (Å²) in [6, 6.07) is 0. The first-order chi connectivity index (χ1) is 9.41. The van der Waals surface area contributed by atoms with Crippen LogP contribution in [-0.4, -0.2) is 37.0 Å². The Morgan fingerprint density at radius 2 is 2.25 bits per heavy atom. The highest BCUT2D eigenvalue weighted by Crippen LogP contribution is 2.15. The number of terminal acetylenes is 1. The molecule has 0 radical (unpaired) electrons. The maximum absolute atomic E-state index is 11.8. The first-order valence-corrected chi connectivity index (χ1v) is 8.26. The van der Waals surface area contributed by atoms with Gasteiger partial charge >= 0.3 is 0 Å². The summed E-state index contributed by atoms with van der Waals surface area (Å²) in [6.07, 6.45) is 6.54. The molecule has 0 unspecified atom stereocenters. The summed E-state index contributed by atoms with van der Waals surface area (Å²) in [5.41, 5.74) is 0.0532. The van der Waals surface area contributed by atoms with E-state index in [2.05, 4.69) is 37.0 Å². The highest BCUT2D eigenvalue weighted by atomic mass is 79.9. The van der Waals surface area contributed by atoms with Gasteiger partial charge in [0, 0.05) is 13.1 Å². The predicted octanol–water partition coefficient (Wildman–Crippen LogP) is -0.00980. The van der Waals surface area contributed by atoms with Crippen molar-refractivity contribution in [3.63, 3.8) is 0 Å². The number of sulfonamides is 1. The highest BCUT2D eigenvalue weighted by Gasteiger charge is 2.11. The molecule has 1 rings (SSSR count). The summed E-state index contributed by atoms with van der Waals surface area (Å²) in [5.74, 6) is 2.22. The number of halogens is 1. The second kappa shape index (κ2) is 7.42. The standard InChI is InChI=1S/C11H15BrN4O3S/c1-3-6-16-11(17)10(12)9(8-14-16)13-5-7-20(18,19)15-4-2/h1,8,13,15H,4-7H2,2H3. The van der Waals surface area contributed by atoms with Gasteiger partial charge in [0.25, 0.3) is 5.56 Å². The Labute approximate surface area is 125 Å². The number of nitrogens with one attached hydrogen (secondary N) is 2. The Hall–Kier alpha value is -1.37. The third kappa shape index (κ3) is 4.63. The van der Waals surface area contributed by atoms with E-state index in [0.717, 1.165) is 4.68 Å². The molecule has 0 amide bonds. The first-order valence-electron chi connectivity index (χ1n) is 5.81. The Bertz CT molecular complexity index is 663. The summed E-state index contributed by atoms with van der Waals surface area (Å²) >= 11 is 3.14. The van der Waals surface area contributed by atoms with Crippen LogP contribution in [0.1, 0.15) is 6.92 Å². The first kappa shape index (κ1) is 16.7. The SMILES string of the molecule is C#CCn1ncc(NCCS(=O)(=O)NCC)c(Br)c1=O. The molecule has 0 aliphatic heterocycles. The van der Waals surface area contributed by atoms with Crippen LogP contribution in [0.25, 0.3) is 0 Å². The monoisotopic (exact) mass is 362 g/mol. The molecule has 110 valence electrons. The molecule has 0 fully saturated rings. The van der Waals surface area contributed by atoms with Crippen LogP contribution in [0.15, 0.2) is 15.5 Å². The van der Waals surface area contributed by atoms with Crippen LogP contribution in [-0.2, 0) is 16.6 Å². The molecular weight excluding hydrogens is 348 g/mol. The smallest absolute Gasteiger partial charge is 0.284 e. The van der Waals surface area contributed by atoms with Crippen LogP contribution in [0.2, 0.25) is 0 Å². The number of nitrogens with zero attached hydrogens (tertiary/aromatic N) is 2. The van der Waals surface area contributed by atoms with Gasteiger partial charge in [0.2, 0.25) is 10.0 Å². The second-order valence-electron chi connectivity index (χ2n) is 3.78. The van der Waals surface area contributed by atoms with E-state index in [4.69, 9.17) is 6.42 Å². The van der Waals surface area contributed by atoms with Crippen LogP contribution >= 0.6 is 15.9 Å². The molecule has 0 aliphatic rings. The minimum Gasteiger partial charge on any atom is -0.382 e. The van der Waals surface area contributed by atoms with Gasteiger partial charge in [0.15, 0.2) is 0 Å². The number of hydrogen-bond donors (Lipinski definition) is 2. The highest BCUT2D eigenvalue weighted by molar-refractivity contribution is 9.10. The van der Waals surface area contributed by atoms with Gasteiger partial charge in [-0.05, 0) is 15.9 Å². The van der Waals surface area contributed by atoms with Crippen LogP contribution < -0.4 is 15.6 Å². The van der Waals surface area contributed by atoms with Crippen molar-refractivity contribution in [3.05, 3.63) is 21.0 Å². The zero-order chi connectivity index (χ0) is 15.2. The van der Waals surface area contributed by atoms with Crippen LogP contribution in [0, 0.1) is 12.3 Å². The fourth-order valence-corrected chi connectivity index (χ4v) is 2.80. The van der Waals surface area contributed by atoms with Crippen LogP contribution in [0.3, 0.4) is 0 Å². The average molecular weight is 363 g/mol. The van der Waals surface area contributed by atoms with Crippen molar-refractivity contribution in [2.45, 2.75) is 13.5 Å². The maximum Gasteiger partial charge on any atom is 0.284 e. The van der Waals surface area contributed by atoms with Crippen molar-refractivity contribution in [1.29, 1.82) is 0 Å². The molecule has 0 aromatic carbocycles. The average Bonchev–Trinajstić information content (AvgIpc) is 2.37. The molecule has 9 heteroatoms. The van der Waals surface area contributed by atoms with Gasteiger partial charge in [-0.2, -0.15) is 5.10 Å². The number of rotatable bonds is 7. The molecule has 2 N–H and O–H groups in total. The van der Waals surface area contributed by atoms with Crippen molar-refractivity contribution in [3.8, 4) is 12.3 Å². The second-order valence-corrected chi connectivity index (χ2v) is 6.50. The fraction of sp³-hybridized carbons (Fsp3) is 0.455. The minimum atomic E-state index is -3.30. The van der Waals surface area contributed by atoms with E-state index in [-0.39, 0.29) is 28.9 Å². The van der Waals surface area contributed by atoms with Gasteiger partial charge in [-0.25, -0.2) is 17.8 Å². The van der Waals surface area contributed by atoms with E-state index in [9.17, 15) is 13.2 Å². The number of anilines is 1. The summed E-state index contributed by atoms with van der Waals surface area (Å²) in [5, 5.41) is 6.73. The van der Waals surface area contributed by atoms with Gasteiger partial charge in [-0.15, -0.1) is 6.42 Å². The molecule has 0 bridgehead atoms. The van der Waals surface area contributed by atoms with Crippen molar-refractivity contribution < 1.29 is 8.42 Å². The quantitative estimate of drug-likeness (QED) is 0.665. The maximum atomic E-state index is 11.8. The Balaban J connectivity index is 2.74. The summed E-state index contributed by atoms with van der Waals surface area (Å²) in [4.78, 5) is 11.8. The molecule has 1 heterocycles. The third-order valence-electron chi connectivity index (χ3n) is 2.28. The van der Waals surface area contributed by atoms with Crippen molar-refractivity contribution in [2.24, 2.45) is 0 Å². The Morgan fingerprint density at radius 3 is 2.85 bits per heavy atom. The van der Waals surface area contributed by atoms with Gasteiger partial charge in [-0.1, -0.05) is 12.8 Å². The molecule has 0 saturated carbocycles. The summed E-state index contributed by atoms with van der Waals surface area (Å²) in [7, 11) is -3.30. The van der Waals surface area contributed by atoms with Gasteiger partial charge in [-0.3, -0.25) is 4.79 Å². The normalized spacial score (nSPS) is 11.1. The van der Waals surface area contributed by atoms with Gasteiger partial charge < -0.3 is 5.32 Å². The lowest BCUT2D eigenvalue weighted by Crippen LogP contribution is -2.30. The molecule has 1 aromatic rings. The van der Waals surface area contributed by atoms with E-state index < -0.39 is 10.0 Å². The number of hydrogen-bond acceptors (Lipinski definition) is 5. The van der Waals surface area contributed by atoms with E-state index in [0.29, 0.717) is 12.2 Å². The van der Waals surface area contributed by atoms with Crippen molar-refractivity contribution in [2.75, 3.05) is 24.2 Å². The summed E-state index contributed by atoms with van der Waals surface area (Å²) < 4.78 is 26.7. The lowest BCUT2D eigenvalue weighted by Gasteiger charge is -2.09. The Kier molecular flexibility index (Phi) is 6.19. The molecule has 0 saturated heterocycles. The van der Waals surface area contributed by atoms with Gasteiger partial charge in [0.05, 0.1) is 17.6 Å². The largest absolute Gasteiger partial charge is 0.382 e. The number of aromatic nitrogens is 2. The van der Waals surface area contributed by atoms with E-state index in [1.54, 1.807) is 6.92 Å². The molecule has 0 spiro atoms. The predicted molar refractivity (Wildman–Crippen MR) is 81.0 cm³/mol. The van der Waals surface area contributed by atoms with E-state index in [1.165, 1.54) is 6.20 Å². The topological polar surface area (TPSA) is 93.1 Å². The Morgan fingerprint density at radius 1 is 1.55 bits per heavy atom. The van der Waals surface area contributed by atoms with Crippen LogP contribution in [0.4, 0.5) is 5.69 Å². The molecular formula is C11H15BrN4O3S. The van der Waals surface area contributed by atoms with Gasteiger partial charge in [0.1, 0.15) is 11.0 Å². The van der Waals surface area contributed by atoms with Crippen molar-refractivity contribution in [1.82, 2.24) is 14.5 Å². The summed E-state index contributed by atoms with van der Waals surface area (Å²) in [6.45, 7) is 2.28. The minimum absolute atomic E-state index is 0.0759. The molecule has 1 aromatic heterocycles. The lowest BCUT2D eigenvalue weighted by atomic mass is 10.4. The zero-order valence-corrected chi connectivity index (χ0v) is 13.3. The van der Waals surface area contributed by atoms with Crippen molar-refractivity contribution >= 4 is 31.6 Å². The zero-order valence-electron chi connectivity index (χ0n) is 10.9. The third-order valence-corrected chi connectivity index (χ3v) is 4.51. The molecule has 20 heavy (non-hydrogen) atoms. The molecule has 0 aliphatic carbocycles. The lowest BCUT2D eigenvalue weighted by molar-refractivity contribution is 0.584. The van der Waals surface area contributed by atoms with Crippen LogP contribution in [0.5, 0.6) is 0 Å². The van der Waals surface area contributed by atoms with E-state index >= 15 is 0 Å². The fourth-order valence-electron chi connectivity index (χ4n) is 1.40. The van der Waals surface area contributed by atoms with E-state index in [1.807, 2.05) is 0 Å². The molecule has 0 atom stereocenters. The molecule has 7 nitrogen and oxygen atoms in total.